The number of phenolic OH excluding ortho intramolecular Hbond substituents is 1. The van der Waals surface area contributed by atoms with Crippen LogP contribution in [0.5, 0.6) is 5.75 Å². The first-order valence-electron chi connectivity index (χ1n) is 6.42. The largest absolute Gasteiger partial charge is 0.507 e. The van der Waals surface area contributed by atoms with Gasteiger partial charge in [-0.2, -0.15) is 0 Å². The molecule has 2 aromatic rings. The molecule has 0 fully saturated rings. The summed E-state index contributed by atoms with van der Waals surface area (Å²) in [5.74, 6) is 0.430. The Labute approximate surface area is 116 Å². The third-order valence-electron chi connectivity index (χ3n) is 3.22. The SMILES string of the molecule is CNCc1cccc(C)c1Pc1cccc(C)c1O. The molecule has 2 N–H and O–H groups in total. The number of hydrogen-bond acceptors (Lipinski definition) is 2. The van der Waals surface area contributed by atoms with E-state index >= 15 is 0 Å². The van der Waals surface area contributed by atoms with Crippen molar-refractivity contribution in [3.8, 4) is 5.75 Å². The van der Waals surface area contributed by atoms with Crippen LogP contribution in [0.15, 0.2) is 36.4 Å². The molecule has 2 rings (SSSR count). The zero-order valence-electron chi connectivity index (χ0n) is 11.6. The summed E-state index contributed by atoms with van der Waals surface area (Å²) in [7, 11) is 2.45. The standard InChI is InChI=1S/C16H20NOP/c1-11-6-5-9-14(15(11)18)19-16-12(2)7-4-8-13(16)10-17-3/h4-9,17-19H,10H2,1-3H3. The highest BCUT2D eigenvalue weighted by atomic mass is 31.1. The summed E-state index contributed by atoms with van der Waals surface area (Å²) in [6, 6.07) is 12.3. The highest BCUT2D eigenvalue weighted by Crippen LogP contribution is 2.24. The third kappa shape index (κ3) is 3.15. The topological polar surface area (TPSA) is 32.3 Å². The Bertz CT molecular complexity index is 581. The van der Waals surface area contributed by atoms with Crippen LogP contribution in [-0.2, 0) is 6.54 Å². The number of aryl methyl sites for hydroxylation is 2. The quantitative estimate of drug-likeness (QED) is 0.838. The molecule has 3 heteroatoms. The summed E-state index contributed by atoms with van der Waals surface area (Å²) in [6.45, 7) is 4.93. The van der Waals surface area contributed by atoms with Gasteiger partial charge < -0.3 is 10.4 Å². The Morgan fingerprint density at radius 2 is 1.74 bits per heavy atom. The molecule has 1 unspecified atom stereocenters. The zero-order valence-corrected chi connectivity index (χ0v) is 12.6. The molecule has 0 heterocycles. The van der Waals surface area contributed by atoms with Gasteiger partial charge in [0.25, 0.3) is 0 Å². The average molecular weight is 273 g/mol. The Kier molecular flexibility index (Phi) is 4.57. The summed E-state index contributed by atoms with van der Waals surface area (Å²) in [5.41, 5.74) is 3.53. The van der Waals surface area contributed by atoms with Gasteiger partial charge in [-0.05, 0) is 42.9 Å². The molecule has 0 amide bonds. The molecule has 100 valence electrons. The maximum atomic E-state index is 10.2. The fourth-order valence-corrected chi connectivity index (χ4v) is 3.52. The lowest BCUT2D eigenvalue weighted by molar-refractivity contribution is 0.475. The van der Waals surface area contributed by atoms with Crippen LogP contribution in [0, 0.1) is 13.8 Å². The van der Waals surface area contributed by atoms with E-state index in [9.17, 15) is 5.11 Å². The molecule has 0 radical (unpaired) electrons. The molecule has 0 spiro atoms. The van der Waals surface area contributed by atoms with E-state index in [-0.39, 0.29) is 0 Å². The number of para-hydroxylation sites is 1. The first-order chi connectivity index (χ1) is 9.13. The normalized spacial score (nSPS) is 11.3. The molecule has 19 heavy (non-hydrogen) atoms. The first-order valence-corrected chi connectivity index (χ1v) is 7.42. The third-order valence-corrected chi connectivity index (χ3v) is 4.86. The molecule has 0 saturated carbocycles. The van der Waals surface area contributed by atoms with E-state index in [1.807, 2.05) is 32.2 Å². The number of hydrogen-bond donors (Lipinski definition) is 2. The van der Waals surface area contributed by atoms with Crippen molar-refractivity contribution >= 4 is 19.2 Å². The minimum absolute atomic E-state index is 0.430. The minimum atomic E-state index is 0.430. The van der Waals surface area contributed by atoms with Crippen molar-refractivity contribution in [2.75, 3.05) is 7.05 Å². The van der Waals surface area contributed by atoms with Crippen LogP contribution >= 0.6 is 8.58 Å². The summed E-state index contributed by atoms with van der Waals surface area (Å²) >= 11 is 0. The summed E-state index contributed by atoms with van der Waals surface area (Å²) in [4.78, 5) is 0. The molecule has 0 aliphatic carbocycles. The van der Waals surface area contributed by atoms with Gasteiger partial charge in [0.2, 0.25) is 0 Å². The summed E-state index contributed by atoms with van der Waals surface area (Å²) in [5, 5.41) is 15.7. The second-order valence-electron chi connectivity index (χ2n) is 4.74. The smallest absolute Gasteiger partial charge is 0.126 e. The molecular weight excluding hydrogens is 253 g/mol. The number of aromatic hydroxyl groups is 1. The van der Waals surface area contributed by atoms with E-state index in [0.717, 1.165) is 17.4 Å². The molecule has 0 aliphatic heterocycles. The molecular formula is C16H20NOP. The predicted molar refractivity (Wildman–Crippen MR) is 84.4 cm³/mol. The predicted octanol–water partition coefficient (Wildman–Crippen LogP) is 2.36. The second kappa shape index (κ2) is 6.18. The number of rotatable bonds is 4. The number of nitrogens with one attached hydrogen (secondary N) is 1. The summed E-state index contributed by atoms with van der Waals surface area (Å²) < 4.78 is 0. The van der Waals surface area contributed by atoms with Gasteiger partial charge in [0, 0.05) is 11.8 Å². The van der Waals surface area contributed by atoms with Crippen LogP contribution < -0.4 is 15.9 Å². The van der Waals surface area contributed by atoms with Crippen molar-refractivity contribution in [1.82, 2.24) is 5.32 Å². The van der Waals surface area contributed by atoms with E-state index in [2.05, 4.69) is 30.4 Å². The molecule has 2 nitrogen and oxygen atoms in total. The van der Waals surface area contributed by atoms with Crippen LogP contribution in [0.4, 0.5) is 0 Å². The van der Waals surface area contributed by atoms with Crippen LogP contribution in [0.3, 0.4) is 0 Å². The average Bonchev–Trinajstić information content (AvgIpc) is 2.39. The van der Waals surface area contributed by atoms with Gasteiger partial charge >= 0.3 is 0 Å². The number of benzene rings is 2. The van der Waals surface area contributed by atoms with Crippen molar-refractivity contribution < 1.29 is 5.11 Å². The van der Waals surface area contributed by atoms with Crippen LogP contribution in [0.1, 0.15) is 16.7 Å². The van der Waals surface area contributed by atoms with E-state index < -0.39 is 0 Å². The summed E-state index contributed by atoms with van der Waals surface area (Å²) in [6.07, 6.45) is 0. The second-order valence-corrected chi connectivity index (χ2v) is 6.02. The van der Waals surface area contributed by atoms with Crippen molar-refractivity contribution in [2.24, 2.45) is 0 Å². The van der Waals surface area contributed by atoms with Crippen LogP contribution in [-0.4, -0.2) is 12.2 Å². The Morgan fingerprint density at radius 3 is 2.47 bits per heavy atom. The van der Waals surface area contributed by atoms with Gasteiger partial charge in [0.15, 0.2) is 0 Å². The van der Waals surface area contributed by atoms with Crippen molar-refractivity contribution in [3.63, 3.8) is 0 Å². The highest BCUT2D eigenvalue weighted by molar-refractivity contribution is 7.56. The molecule has 1 atom stereocenters. The van der Waals surface area contributed by atoms with Gasteiger partial charge in [-0.15, -0.1) is 0 Å². The Morgan fingerprint density at radius 1 is 1.05 bits per heavy atom. The van der Waals surface area contributed by atoms with Gasteiger partial charge in [-0.1, -0.05) is 45.0 Å². The van der Waals surface area contributed by atoms with Crippen molar-refractivity contribution in [1.29, 1.82) is 0 Å². The lowest BCUT2D eigenvalue weighted by atomic mass is 10.1. The molecule has 0 aromatic heterocycles. The van der Waals surface area contributed by atoms with Crippen molar-refractivity contribution in [2.45, 2.75) is 20.4 Å². The molecule has 0 bridgehead atoms. The fraction of sp³-hybridized carbons (Fsp3) is 0.250. The van der Waals surface area contributed by atoms with E-state index in [4.69, 9.17) is 0 Å². The van der Waals surface area contributed by atoms with E-state index in [1.54, 1.807) is 0 Å². The molecule has 0 aliphatic rings. The monoisotopic (exact) mass is 273 g/mol. The van der Waals surface area contributed by atoms with Crippen LogP contribution in [0.25, 0.3) is 0 Å². The molecule has 2 aromatic carbocycles. The highest BCUT2D eigenvalue weighted by Gasteiger charge is 2.10. The lowest BCUT2D eigenvalue weighted by Crippen LogP contribution is -2.17. The first kappa shape index (κ1) is 14.0. The van der Waals surface area contributed by atoms with Crippen LogP contribution in [0.2, 0.25) is 0 Å². The number of phenols is 1. The van der Waals surface area contributed by atoms with Gasteiger partial charge in [-0.25, -0.2) is 0 Å². The lowest BCUT2D eigenvalue weighted by Gasteiger charge is -2.14. The maximum Gasteiger partial charge on any atom is 0.126 e. The van der Waals surface area contributed by atoms with Gasteiger partial charge in [0.1, 0.15) is 5.75 Å². The fourth-order valence-electron chi connectivity index (χ4n) is 2.14. The Hall–Kier alpha value is -1.37. The van der Waals surface area contributed by atoms with Gasteiger partial charge in [-0.3, -0.25) is 0 Å². The van der Waals surface area contributed by atoms with E-state index in [1.165, 1.54) is 16.4 Å². The molecule has 0 saturated heterocycles. The van der Waals surface area contributed by atoms with E-state index in [0.29, 0.717) is 14.3 Å². The zero-order chi connectivity index (χ0) is 13.8. The van der Waals surface area contributed by atoms with Gasteiger partial charge in [0.05, 0.1) is 0 Å². The minimum Gasteiger partial charge on any atom is -0.507 e. The van der Waals surface area contributed by atoms with Crippen molar-refractivity contribution in [3.05, 3.63) is 53.1 Å². The Balaban J connectivity index is 2.40. The maximum absolute atomic E-state index is 10.2.